The standard InChI is InChI=1S/C11H18N4O3/c1-4-18-8-7-14(3)11-9(15(16)17)5-6-10(12-2)13-11/h5-6H,4,7-8H2,1-3H3,(H,12,13). The molecule has 0 fully saturated rings. The van der Waals surface area contributed by atoms with E-state index in [1.807, 2.05) is 6.92 Å². The molecule has 1 aromatic rings. The van der Waals surface area contributed by atoms with Gasteiger partial charge in [-0.1, -0.05) is 0 Å². The Morgan fingerprint density at radius 3 is 2.83 bits per heavy atom. The Kier molecular flexibility index (Phi) is 5.31. The molecule has 0 amide bonds. The van der Waals surface area contributed by atoms with Crippen LogP contribution in [0.1, 0.15) is 6.92 Å². The van der Waals surface area contributed by atoms with Crippen LogP contribution in [0.15, 0.2) is 12.1 Å². The molecule has 0 aromatic carbocycles. The molecule has 1 N–H and O–H groups in total. The number of nitrogens with zero attached hydrogens (tertiary/aromatic N) is 3. The van der Waals surface area contributed by atoms with Gasteiger partial charge in [0.2, 0.25) is 5.82 Å². The van der Waals surface area contributed by atoms with Gasteiger partial charge in [0, 0.05) is 33.3 Å². The topological polar surface area (TPSA) is 80.5 Å². The minimum Gasteiger partial charge on any atom is -0.380 e. The lowest BCUT2D eigenvalue weighted by molar-refractivity contribution is -0.384. The first-order valence-corrected chi connectivity index (χ1v) is 5.72. The highest BCUT2D eigenvalue weighted by Gasteiger charge is 2.19. The van der Waals surface area contributed by atoms with Crippen LogP contribution in [0, 0.1) is 10.1 Å². The Balaban J connectivity index is 2.92. The van der Waals surface area contributed by atoms with Crippen molar-refractivity contribution in [3.05, 3.63) is 22.2 Å². The molecule has 0 unspecified atom stereocenters. The largest absolute Gasteiger partial charge is 0.380 e. The van der Waals surface area contributed by atoms with Crippen molar-refractivity contribution in [1.29, 1.82) is 0 Å². The molecule has 0 aliphatic rings. The highest BCUT2D eigenvalue weighted by atomic mass is 16.6. The molecule has 0 saturated heterocycles. The highest BCUT2D eigenvalue weighted by Crippen LogP contribution is 2.26. The number of likely N-dealkylation sites (N-methyl/N-ethyl adjacent to an activating group) is 1. The van der Waals surface area contributed by atoms with Gasteiger partial charge in [0.25, 0.3) is 0 Å². The molecule has 7 nitrogen and oxygen atoms in total. The summed E-state index contributed by atoms with van der Waals surface area (Å²) in [4.78, 5) is 16.4. The van der Waals surface area contributed by atoms with Gasteiger partial charge in [-0.2, -0.15) is 0 Å². The first kappa shape index (κ1) is 14.2. The molecule has 1 aromatic heterocycles. The number of pyridine rings is 1. The number of aromatic nitrogens is 1. The number of rotatable bonds is 7. The predicted molar refractivity (Wildman–Crippen MR) is 70.2 cm³/mol. The van der Waals surface area contributed by atoms with E-state index in [4.69, 9.17) is 4.74 Å². The van der Waals surface area contributed by atoms with E-state index in [1.54, 1.807) is 25.1 Å². The van der Waals surface area contributed by atoms with Crippen molar-refractivity contribution >= 4 is 17.3 Å². The van der Waals surface area contributed by atoms with Crippen LogP contribution >= 0.6 is 0 Å². The van der Waals surface area contributed by atoms with E-state index < -0.39 is 4.92 Å². The molecule has 0 aliphatic heterocycles. The lowest BCUT2D eigenvalue weighted by atomic mass is 10.3. The van der Waals surface area contributed by atoms with E-state index in [9.17, 15) is 10.1 Å². The number of nitrogens with one attached hydrogen (secondary N) is 1. The highest BCUT2D eigenvalue weighted by molar-refractivity contribution is 5.61. The van der Waals surface area contributed by atoms with E-state index in [-0.39, 0.29) is 5.69 Å². The summed E-state index contributed by atoms with van der Waals surface area (Å²) in [5.74, 6) is 0.936. The van der Waals surface area contributed by atoms with Crippen LogP contribution in [-0.2, 0) is 4.74 Å². The van der Waals surface area contributed by atoms with Gasteiger partial charge in [0.05, 0.1) is 11.5 Å². The molecule has 1 rings (SSSR count). The van der Waals surface area contributed by atoms with Gasteiger partial charge in [0.15, 0.2) is 0 Å². The molecule has 0 radical (unpaired) electrons. The Labute approximate surface area is 106 Å². The molecule has 0 aliphatic carbocycles. The maximum absolute atomic E-state index is 10.9. The van der Waals surface area contributed by atoms with Crippen molar-refractivity contribution in [3.63, 3.8) is 0 Å². The second kappa shape index (κ2) is 6.75. The van der Waals surface area contributed by atoms with Gasteiger partial charge in [-0.15, -0.1) is 0 Å². The molecular formula is C11H18N4O3. The van der Waals surface area contributed by atoms with Crippen LogP contribution in [0.2, 0.25) is 0 Å². The fraction of sp³-hybridized carbons (Fsp3) is 0.545. The van der Waals surface area contributed by atoms with Crippen molar-refractivity contribution in [3.8, 4) is 0 Å². The summed E-state index contributed by atoms with van der Waals surface area (Å²) >= 11 is 0. The fourth-order valence-corrected chi connectivity index (χ4v) is 1.46. The number of hydrogen-bond acceptors (Lipinski definition) is 6. The third-order valence-electron chi connectivity index (χ3n) is 2.44. The van der Waals surface area contributed by atoms with Gasteiger partial charge in [0.1, 0.15) is 5.82 Å². The predicted octanol–water partition coefficient (Wildman–Crippen LogP) is 1.50. The van der Waals surface area contributed by atoms with E-state index in [0.29, 0.717) is 31.4 Å². The summed E-state index contributed by atoms with van der Waals surface area (Å²) in [7, 11) is 3.48. The van der Waals surface area contributed by atoms with Gasteiger partial charge >= 0.3 is 5.69 Å². The second-order valence-electron chi connectivity index (χ2n) is 3.66. The molecule has 100 valence electrons. The van der Waals surface area contributed by atoms with Crippen molar-refractivity contribution in [2.75, 3.05) is 44.1 Å². The van der Waals surface area contributed by atoms with Crippen LogP contribution in [0.4, 0.5) is 17.3 Å². The number of hydrogen-bond donors (Lipinski definition) is 1. The zero-order valence-corrected chi connectivity index (χ0v) is 10.8. The first-order chi connectivity index (χ1) is 8.60. The van der Waals surface area contributed by atoms with E-state index >= 15 is 0 Å². The Hall–Kier alpha value is -1.89. The summed E-state index contributed by atoms with van der Waals surface area (Å²) in [6, 6.07) is 3.03. The van der Waals surface area contributed by atoms with Crippen LogP contribution in [-0.4, -0.2) is 43.8 Å². The summed E-state index contributed by atoms with van der Waals surface area (Å²) < 4.78 is 5.23. The van der Waals surface area contributed by atoms with Crippen LogP contribution in [0.25, 0.3) is 0 Å². The number of anilines is 2. The van der Waals surface area contributed by atoms with Gasteiger partial charge in [-0.05, 0) is 13.0 Å². The van der Waals surface area contributed by atoms with Gasteiger partial charge < -0.3 is 15.0 Å². The van der Waals surface area contributed by atoms with Crippen LogP contribution in [0.3, 0.4) is 0 Å². The molecule has 1 heterocycles. The minimum absolute atomic E-state index is 0.00648. The van der Waals surface area contributed by atoms with Crippen LogP contribution in [0.5, 0.6) is 0 Å². The smallest absolute Gasteiger partial charge is 0.311 e. The summed E-state index contributed by atoms with van der Waals surface area (Å²) in [6.07, 6.45) is 0. The zero-order chi connectivity index (χ0) is 13.5. The Morgan fingerprint density at radius 2 is 2.28 bits per heavy atom. The average Bonchev–Trinajstić information content (AvgIpc) is 2.38. The number of nitro groups is 1. The molecular weight excluding hydrogens is 236 g/mol. The van der Waals surface area contributed by atoms with Gasteiger partial charge in [-0.3, -0.25) is 10.1 Å². The minimum atomic E-state index is -0.432. The van der Waals surface area contributed by atoms with Crippen LogP contribution < -0.4 is 10.2 Å². The normalized spacial score (nSPS) is 10.2. The third-order valence-corrected chi connectivity index (χ3v) is 2.44. The summed E-state index contributed by atoms with van der Waals surface area (Å²) in [5, 5.41) is 13.8. The Bertz CT molecular complexity index is 411. The maximum atomic E-state index is 10.9. The monoisotopic (exact) mass is 254 g/mol. The summed E-state index contributed by atoms with van der Waals surface area (Å²) in [6.45, 7) is 3.59. The molecule has 0 saturated carbocycles. The zero-order valence-electron chi connectivity index (χ0n) is 10.8. The molecule has 0 spiro atoms. The van der Waals surface area contributed by atoms with E-state index in [0.717, 1.165) is 0 Å². The van der Waals surface area contributed by atoms with Gasteiger partial charge in [-0.25, -0.2) is 4.98 Å². The molecule has 18 heavy (non-hydrogen) atoms. The number of ether oxygens (including phenoxy) is 1. The molecule has 7 heteroatoms. The Morgan fingerprint density at radius 1 is 1.56 bits per heavy atom. The first-order valence-electron chi connectivity index (χ1n) is 5.72. The van der Waals surface area contributed by atoms with Crippen molar-refractivity contribution < 1.29 is 9.66 Å². The van der Waals surface area contributed by atoms with E-state index in [2.05, 4.69) is 10.3 Å². The lowest BCUT2D eigenvalue weighted by Gasteiger charge is -2.18. The molecule has 0 atom stereocenters. The summed E-state index contributed by atoms with van der Waals surface area (Å²) in [5.41, 5.74) is -0.00648. The van der Waals surface area contributed by atoms with Crippen molar-refractivity contribution in [2.45, 2.75) is 6.92 Å². The molecule has 0 bridgehead atoms. The van der Waals surface area contributed by atoms with E-state index in [1.165, 1.54) is 6.07 Å². The van der Waals surface area contributed by atoms with Crippen molar-refractivity contribution in [2.24, 2.45) is 0 Å². The quantitative estimate of drug-likeness (QED) is 0.451. The fourth-order valence-electron chi connectivity index (χ4n) is 1.46. The van der Waals surface area contributed by atoms with Crippen molar-refractivity contribution in [1.82, 2.24) is 4.98 Å². The average molecular weight is 254 g/mol. The third kappa shape index (κ3) is 3.56. The maximum Gasteiger partial charge on any atom is 0.311 e. The lowest BCUT2D eigenvalue weighted by Crippen LogP contribution is -2.24. The SMILES string of the molecule is CCOCCN(C)c1nc(NC)ccc1[N+](=O)[O-]. The second-order valence-corrected chi connectivity index (χ2v) is 3.66.